The maximum Gasteiger partial charge on any atom is 0.265 e. The number of anilines is 1. The van der Waals surface area contributed by atoms with Crippen LogP contribution in [0, 0.1) is 0 Å². The molecule has 0 bridgehead atoms. The molecule has 0 saturated carbocycles. The highest BCUT2D eigenvalue weighted by Gasteiger charge is 2.27. The van der Waals surface area contributed by atoms with Crippen LogP contribution in [-0.4, -0.2) is 29.4 Å². The molecule has 0 N–H and O–H groups in total. The predicted octanol–water partition coefficient (Wildman–Crippen LogP) is 4.65. The Morgan fingerprint density at radius 1 is 1.29 bits per heavy atom. The fraction of sp³-hybridized carbons (Fsp3) is 0.182. The van der Waals surface area contributed by atoms with Crippen molar-refractivity contribution in [3.05, 3.63) is 71.9 Å². The molecule has 1 amide bonds. The van der Waals surface area contributed by atoms with Gasteiger partial charge in [0.25, 0.3) is 5.91 Å². The van der Waals surface area contributed by atoms with Crippen molar-refractivity contribution in [1.29, 1.82) is 0 Å². The molecule has 0 radical (unpaired) electrons. The number of amides is 1. The van der Waals surface area contributed by atoms with E-state index >= 15 is 0 Å². The Balaban J connectivity index is 1.69. The first kappa shape index (κ1) is 18.3. The SMILES string of the molecule is C=CCN1C(=O)COc2ccc(C(=O)C(C)n3ccc4cc(Cl)ccc43)cc21. The molecule has 2 aromatic carbocycles. The molecule has 6 heteroatoms. The monoisotopic (exact) mass is 394 g/mol. The Hall–Kier alpha value is -3.05. The molecule has 1 unspecified atom stereocenters. The zero-order chi connectivity index (χ0) is 19.8. The minimum absolute atomic E-state index is 0.0115. The van der Waals surface area contributed by atoms with E-state index in [2.05, 4.69) is 6.58 Å². The van der Waals surface area contributed by atoms with Crippen LogP contribution in [0.4, 0.5) is 5.69 Å². The summed E-state index contributed by atoms with van der Waals surface area (Å²) in [5.41, 5.74) is 2.06. The Morgan fingerprint density at radius 3 is 2.89 bits per heavy atom. The first-order chi connectivity index (χ1) is 13.5. The number of fused-ring (bicyclic) bond motifs is 2. The molecule has 0 fully saturated rings. The zero-order valence-electron chi connectivity index (χ0n) is 15.4. The van der Waals surface area contributed by atoms with Gasteiger partial charge in [0, 0.05) is 34.2 Å². The minimum atomic E-state index is -0.412. The van der Waals surface area contributed by atoms with E-state index in [0.29, 0.717) is 28.6 Å². The Kier molecular flexibility index (Phi) is 4.69. The van der Waals surface area contributed by atoms with Gasteiger partial charge in [0.2, 0.25) is 0 Å². The molecule has 2 heterocycles. The lowest BCUT2D eigenvalue weighted by Crippen LogP contribution is -2.39. The van der Waals surface area contributed by atoms with Gasteiger partial charge in [0.15, 0.2) is 12.4 Å². The lowest BCUT2D eigenvalue weighted by atomic mass is 10.0. The summed E-state index contributed by atoms with van der Waals surface area (Å²) in [6.45, 7) is 5.92. The number of aromatic nitrogens is 1. The van der Waals surface area contributed by atoms with E-state index in [-0.39, 0.29) is 18.3 Å². The van der Waals surface area contributed by atoms with Gasteiger partial charge >= 0.3 is 0 Å². The van der Waals surface area contributed by atoms with Crippen LogP contribution in [0.25, 0.3) is 10.9 Å². The van der Waals surface area contributed by atoms with Crippen LogP contribution in [0.5, 0.6) is 5.75 Å². The van der Waals surface area contributed by atoms with Crippen molar-refractivity contribution in [3.8, 4) is 5.75 Å². The maximum atomic E-state index is 13.2. The van der Waals surface area contributed by atoms with Gasteiger partial charge in [-0.1, -0.05) is 17.7 Å². The van der Waals surface area contributed by atoms with Crippen molar-refractivity contribution in [2.45, 2.75) is 13.0 Å². The smallest absolute Gasteiger partial charge is 0.265 e. The summed E-state index contributed by atoms with van der Waals surface area (Å²) in [5, 5.41) is 1.64. The fourth-order valence-corrected chi connectivity index (χ4v) is 3.71. The summed E-state index contributed by atoms with van der Waals surface area (Å²) < 4.78 is 7.42. The van der Waals surface area contributed by atoms with E-state index in [0.717, 1.165) is 10.9 Å². The number of rotatable bonds is 5. The van der Waals surface area contributed by atoms with Gasteiger partial charge < -0.3 is 14.2 Å². The van der Waals surface area contributed by atoms with Gasteiger partial charge in [0.05, 0.1) is 11.7 Å². The highest BCUT2D eigenvalue weighted by atomic mass is 35.5. The normalized spacial score (nSPS) is 14.5. The number of hydrogen-bond acceptors (Lipinski definition) is 3. The molecule has 4 rings (SSSR count). The third-order valence-corrected chi connectivity index (χ3v) is 5.21. The molecule has 1 aromatic heterocycles. The van der Waals surface area contributed by atoms with Crippen LogP contribution in [0.1, 0.15) is 23.3 Å². The summed E-state index contributed by atoms with van der Waals surface area (Å²) in [7, 11) is 0. The average molecular weight is 395 g/mol. The molecule has 1 aliphatic heterocycles. The number of benzene rings is 2. The first-order valence-corrected chi connectivity index (χ1v) is 9.36. The molecule has 3 aromatic rings. The number of ketones is 1. The van der Waals surface area contributed by atoms with Crippen molar-refractivity contribution >= 4 is 39.9 Å². The third kappa shape index (κ3) is 3.08. The second-order valence-electron chi connectivity index (χ2n) is 6.73. The van der Waals surface area contributed by atoms with Crippen molar-refractivity contribution < 1.29 is 14.3 Å². The largest absolute Gasteiger partial charge is 0.482 e. The number of ether oxygens (including phenoxy) is 1. The van der Waals surface area contributed by atoms with Crippen LogP contribution in [-0.2, 0) is 4.79 Å². The quantitative estimate of drug-likeness (QED) is 0.467. The number of halogens is 1. The highest BCUT2D eigenvalue weighted by molar-refractivity contribution is 6.31. The van der Waals surface area contributed by atoms with E-state index in [9.17, 15) is 9.59 Å². The van der Waals surface area contributed by atoms with Crippen molar-refractivity contribution in [1.82, 2.24) is 4.57 Å². The van der Waals surface area contributed by atoms with Gasteiger partial charge in [-0.25, -0.2) is 0 Å². The number of nitrogens with zero attached hydrogens (tertiary/aromatic N) is 2. The molecule has 28 heavy (non-hydrogen) atoms. The number of carbonyl (C=O) groups excluding carboxylic acids is 2. The zero-order valence-corrected chi connectivity index (χ0v) is 16.1. The topological polar surface area (TPSA) is 51.5 Å². The molecule has 0 saturated heterocycles. The average Bonchev–Trinajstić information content (AvgIpc) is 3.11. The van der Waals surface area contributed by atoms with Crippen LogP contribution in [0.3, 0.4) is 0 Å². The summed E-state index contributed by atoms with van der Waals surface area (Å²) in [6, 6.07) is 12.3. The predicted molar refractivity (Wildman–Crippen MR) is 110 cm³/mol. The Morgan fingerprint density at radius 2 is 2.11 bits per heavy atom. The van der Waals surface area contributed by atoms with E-state index < -0.39 is 6.04 Å². The molecule has 0 spiro atoms. The molecular formula is C22H19ClN2O3. The van der Waals surface area contributed by atoms with Crippen molar-refractivity contribution in [3.63, 3.8) is 0 Å². The Bertz CT molecular complexity index is 1100. The van der Waals surface area contributed by atoms with Gasteiger partial charge in [-0.3, -0.25) is 9.59 Å². The standard InChI is InChI=1S/C22H19ClN2O3/c1-3-9-25-19-12-16(4-7-20(19)28-13-21(25)26)22(27)14(2)24-10-8-15-11-17(23)5-6-18(15)24/h3-8,10-12,14H,1,9,13H2,2H3. The second kappa shape index (κ2) is 7.17. The molecule has 5 nitrogen and oxygen atoms in total. The summed E-state index contributed by atoms with van der Waals surface area (Å²) >= 11 is 6.06. The summed E-state index contributed by atoms with van der Waals surface area (Å²) in [4.78, 5) is 26.9. The summed E-state index contributed by atoms with van der Waals surface area (Å²) in [6.07, 6.45) is 3.54. The maximum absolute atomic E-state index is 13.2. The van der Waals surface area contributed by atoms with E-state index in [1.807, 2.05) is 42.0 Å². The number of Topliss-reactive ketones (excluding diaryl/α,β-unsaturated/α-hetero) is 1. The number of hydrogen-bond donors (Lipinski definition) is 0. The molecular weight excluding hydrogens is 376 g/mol. The van der Waals surface area contributed by atoms with E-state index in [1.54, 1.807) is 29.2 Å². The van der Waals surface area contributed by atoms with Gasteiger partial charge in [-0.15, -0.1) is 6.58 Å². The lowest BCUT2D eigenvalue weighted by Gasteiger charge is -2.29. The number of carbonyl (C=O) groups is 2. The van der Waals surface area contributed by atoms with Crippen molar-refractivity contribution in [2.24, 2.45) is 0 Å². The second-order valence-corrected chi connectivity index (χ2v) is 7.17. The van der Waals surface area contributed by atoms with Gasteiger partial charge in [-0.2, -0.15) is 0 Å². The van der Waals surface area contributed by atoms with E-state index in [4.69, 9.17) is 16.3 Å². The van der Waals surface area contributed by atoms with Crippen LogP contribution in [0.2, 0.25) is 5.02 Å². The van der Waals surface area contributed by atoms with Crippen molar-refractivity contribution in [2.75, 3.05) is 18.1 Å². The van der Waals surface area contributed by atoms with Crippen LogP contribution in [0.15, 0.2) is 61.3 Å². The van der Waals surface area contributed by atoms with Crippen LogP contribution < -0.4 is 9.64 Å². The third-order valence-electron chi connectivity index (χ3n) is 4.98. The first-order valence-electron chi connectivity index (χ1n) is 8.98. The van der Waals surface area contributed by atoms with E-state index in [1.165, 1.54) is 0 Å². The molecule has 1 aliphatic rings. The molecule has 0 aliphatic carbocycles. The Labute approximate surface area is 167 Å². The summed E-state index contributed by atoms with van der Waals surface area (Å²) in [5.74, 6) is 0.386. The van der Waals surface area contributed by atoms with Gasteiger partial charge in [-0.05, 0) is 49.4 Å². The molecule has 142 valence electrons. The fourth-order valence-electron chi connectivity index (χ4n) is 3.52. The minimum Gasteiger partial charge on any atom is -0.482 e. The van der Waals surface area contributed by atoms with Gasteiger partial charge in [0.1, 0.15) is 5.75 Å². The molecule has 1 atom stereocenters. The highest BCUT2D eigenvalue weighted by Crippen LogP contribution is 2.34. The lowest BCUT2D eigenvalue weighted by molar-refractivity contribution is -0.121. The van der Waals surface area contributed by atoms with Crippen LogP contribution >= 0.6 is 11.6 Å².